The number of hydrogen-bond donors (Lipinski definition) is 1. The highest BCUT2D eigenvalue weighted by molar-refractivity contribution is 5.12. The summed E-state index contributed by atoms with van der Waals surface area (Å²) in [5, 5.41) is 3.39. The fourth-order valence-corrected chi connectivity index (χ4v) is 2.28. The number of nitrogens with one attached hydrogen (secondary N) is 1. The van der Waals surface area contributed by atoms with Gasteiger partial charge in [0, 0.05) is 31.4 Å². The van der Waals surface area contributed by atoms with Crippen LogP contribution >= 0.6 is 0 Å². The summed E-state index contributed by atoms with van der Waals surface area (Å²) in [6.07, 6.45) is 3.24. The van der Waals surface area contributed by atoms with Crippen molar-refractivity contribution >= 4 is 0 Å². The Kier molecular flexibility index (Phi) is 5.08. The summed E-state index contributed by atoms with van der Waals surface area (Å²) in [7, 11) is 0. The van der Waals surface area contributed by atoms with Crippen molar-refractivity contribution in [1.29, 1.82) is 0 Å². The molecule has 4 heteroatoms. The molecule has 0 bridgehead atoms. The van der Waals surface area contributed by atoms with Crippen molar-refractivity contribution in [1.82, 2.24) is 15.3 Å². The maximum Gasteiger partial charge on any atom is 0.132 e. The van der Waals surface area contributed by atoms with E-state index >= 15 is 0 Å². The van der Waals surface area contributed by atoms with Crippen LogP contribution in [0, 0.1) is 6.92 Å². The molecule has 0 aliphatic carbocycles. The molecule has 0 atom stereocenters. The molecule has 0 unspecified atom stereocenters. The van der Waals surface area contributed by atoms with Gasteiger partial charge in [-0.25, -0.2) is 9.97 Å². The summed E-state index contributed by atoms with van der Waals surface area (Å²) in [5.41, 5.74) is 2.18. The Morgan fingerprint density at radius 1 is 1.33 bits per heavy atom. The molecule has 1 saturated heterocycles. The molecule has 0 radical (unpaired) electrons. The molecule has 0 spiro atoms. The Bertz CT molecular complexity index is 375. The zero-order chi connectivity index (χ0) is 12.8. The lowest BCUT2D eigenvalue weighted by Gasteiger charge is -2.21. The Hall–Kier alpha value is -1.00. The maximum atomic E-state index is 5.39. The normalized spacial score (nSPS) is 17.0. The zero-order valence-corrected chi connectivity index (χ0v) is 11.4. The lowest BCUT2D eigenvalue weighted by atomic mass is 9.99. The number of aryl methyl sites for hydroxylation is 1. The molecule has 4 nitrogen and oxygen atoms in total. The van der Waals surface area contributed by atoms with Crippen molar-refractivity contribution in [3.8, 4) is 0 Å². The number of hydrogen-bond acceptors (Lipinski definition) is 4. The highest BCUT2D eigenvalue weighted by atomic mass is 16.5. The van der Waals surface area contributed by atoms with Crippen molar-refractivity contribution in [2.45, 2.75) is 45.6 Å². The van der Waals surface area contributed by atoms with Crippen molar-refractivity contribution in [2.75, 3.05) is 19.8 Å². The van der Waals surface area contributed by atoms with E-state index in [4.69, 9.17) is 9.72 Å². The summed E-state index contributed by atoms with van der Waals surface area (Å²) in [5.74, 6) is 1.48. The number of nitrogens with zero attached hydrogens (tertiary/aromatic N) is 2. The van der Waals surface area contributed by atoms with Gasteiger partial charge in [0.2, 0.25) is 0 Å². The van der Waals surface area contributed by atoms with Crippen molar-refractivity contribution in [3.05, 3.63) is 23.3 Å². The van der Waals surface area contributed by atoms with Gasteiger partial charge in [-0.05, 0) is 38.8 Å². The first-order valence-corrected chi connectivity index (χ1v) is 6.92. The van der Waals surface area contributed by atoms with Crippen LogP contribution in [-0.2, 0) is 11.3 Å². The second-order valence-corrected chi connectivity index (χ2v) is 4.92. The largest absolute Gasteiger partial charge is 0.381 e. The smallest absolute Gasteiger partial charge is 0.132 e. The van der Waals surface area contributed by atoms with Crippen LogP contribution in [0.3, 0.4) is 0 Å². The molecule has 1 fully saturated rings. The van der Waals surface area contributed by atoms with E-state index in [-0.39, 0.29) is 0 Å². The minimum Gasteiger partial charge on any atom is -0.381 e. The third-order valence-corrected chi connectivity index (χ3v) is 3.24. The van der Waals surface area contributed by atoms with Crippen LogP contribution in [0.15, 0.2) is 6.07 Å². The Balaban J connectivity index is 2.05. The standard InChI is InChI=1S/C14H23N3O/c1-3-6-15-10-13-9-11(2)16-14(17-13)12-4-7-18-8-5-12/h9,12,15H,3-8,10H2,1-2H3. The first-order valence-electron chi connectivity index (χ1n) is 6.92. The molecule has 2 heterocycles. The Labute approximate surface area is 109 Å². The number of ether oxygens (including phenoxy) is 1. The van der Waals surface area contributed by atoms with Crippen LogP contribution in [0.5, 0.6) is 0 Å². The van der Waals surface area contributed by atoms with Gasteiger partial charge in [0.15, 0.2) is 0 Å². The van der Waals surface area contributed by atoms with Crippen molar-refractivity contribution in [3.63, 3.8) is 0 Å². The molecule has 0 saturated carbocycles. The molecule has 1 aliphatic rings. The quantitative estimate of drug-likeness (QED) is 0.813. The van der Waals surface area contributed by atoms with Gasteiger partial charge in [0.05, 0.1) is 5.69 Å². The van der Waals surface area contributed by atoms with E-state index in [1.807, 2.05) is 6.92 Å². The topological polar surface area (TPSA) is 47.0 Å². The molecule has 1 N–H and O–H groups in total. The lowest BCUT2D eigenvalue weighted by Crippen LogP contribution is -2.19. The molecule has 1 aromatic heterocycles. The van der Waals surface area contributed by atoms with Crippen molar-refractivity contribution < 1.29 is 4.74 Å². The molecule has 0 amide bonds. The van der Waals surface area contributed by atoms with E-state index in [2.05, 4.69) is 23.3 Å². The summed E-state index contributed by atoms with van der Waals surface area (Å²) in [6.45, 7) is 7.78. The fraction of sp³-hybridized carbons (Fsp3) is 0.714. The van der Waals surface area contributed by atoms with Crippen LogP contribution in [0.25, 0.3) is 0 Å². The third kappa shape index (κ3) is 3.75. The molecule has 100 valence electrons. The first-order chi connectivity index (χ1) is 8.79. The van der Waals surface area contributed by atoms with Gasteiger partial charge in [0.25, 0.3) is 0 Å². The second kappa shape index (κ2) is 6.81. The monoisotopic (exact) mass is 249 g/mol. The summed E-state index contributed by atoms with van der Waals surface area (Å²) in [4.78, 5) is 9.29. The Morgan fingerprint density at radius 2 is 2.11 bits per heavy atom. The minimum absolute atomic E-state index is 0.476. The third-order valence-electron chi connectivity index (χ3n) is 3.24. The number of rotatable bonds is 5. The first kappa shape index (κ1) is 13.4. The zero-order valence-electron chi connectivity index (χ0n) is 11.4. The average molecular weight is 249 g/mol. The van der Waals surface area contributed by atoms with Gasteiger partial charge in [-0.1, -0.05) is 6.92 Å². The summed E-state index contributed by atoms with van der Waals surface area (Å²) in [6, 6.07) is 2.07. The number of aromatic nitrogens is 2. The summed E-state index contributed by atoms with van der Waals surface area (Å²) >= 11 is 0. The lowest BCUT2D eigenvalue weighted by molar-refractivity contribution is 0.0835. The fourth-order valence-electron chi connectivity index (χ4n) is 2.28. The Morgan fingerprint density at radius 3 is 2.83 bits per heavy atom. The maximum absolute atomic E-state index is 5.39. The van der Waals surface area contributed by atoms with E-state index in [0.717, 1.165) is 62.8 Å². The van der Waals surface area contributed by atoms with E-state index in [1.165, 1.54) is 0 Å². The molecule has 18 heavy (non-hydrogen) atoms. The molecule has 1 aromatic rings. The van der Waals surface area contributed by atoms with Gasteiger partial charge in [-0.2, -0.15) is 0 Å². The van der Waals surface area contributed by atoms with Gasteiger partial charge >= 0.3 is 0 Å². The van der Waals surface area contributed by atoms with Crippen LogP contribution in [0.1, 0.15) is 49.3 Å². The van der Waals surface area contributed by atoms with E-state index in [1.54, 1.807) is 0 Å². The summed E-state index contributed by atoms with van der Waals surface area (Å²) < 4.78 is 5.39. The predicted molar refractivity (Wildman–Crippen MR) is 71.6 cm³/mol. The SMILES string of the molecule is CCCNCc1cc(C)nc(C2CCOCC2)n1. The highest BCUT2D eigenvalue weighted by Gasteiger charge is 2.19. The molecule has 1 aliphatic heterocycles. The van der Waals surface area contributed by atoms with E-state index in [0.29, 0.717) is 5.92 Å². The van der Waals surface area contributed by atoms with Gasteiger partial charge in [0.1, 0.15) is 5.82 Å². The highest BCUT2D eigenvalue weighted by Crippen LogP contribution is 2.24. The van der Waals surface area contributed by atoms with Crippen LogP contribution in [0.2, 0.25) is 0 Å². The molecule has 2 rings (SSSR count). The average Bonchev–Trinajstić information content (AvgIpc) is 2.39. The molecule has 0 aromatic carbocycles. The molecular weight excluding hydrogens is 226 g/mol. The van der Waals surface area contributed by atoms with Gasteiger partial charge in [-0.3, -0.25) is 0 Å². The predicted octanol–water partition coefficient (Wildman–Crippen LogP) is 2.18. The molecular formula is C14H23N3O. The van der Waals surface area contributed by atoms with E-state index < -0.39 is 0 Å². The second-order valence-electron chi connectivity index (χ2n) is 4.92. The van der Waals surface area contributed by atoms with Crippen molar-refractivity contribution in [2.24, 2.45) is 0 Å². The minimum atomic E-state index is 0.476. The van der Waals surface area contributed by atoms with E-state index in [9.17, 15) is 0 Å². The van der Waals surface area contributed by atoms with Crippen LogP contribution < -0.4 is 5.32 Å². The van der Waals surface area contributed by atoms with Gasteiger partial charge in [-0.15, -0.1) is 0 Å². The van der Waals surface area contributed by atoms with Gasteiger partial charge < -0.3 is 10.1 Å². The van der Waals surface area contributed by atoms with Crippen LogP contribution in [0.4, 0.5) is 0 Å². The van der Waals surface area contributed by atoms with Crippen LogP contribution in [-0.4, -0.2) is 29.7 Å².